The van der Waals surface area contributed by atoms with E-state index in [1.807, 2.05) is 55.2 Å². The molecule has 0 fully saturated rings. The number of aryl methyl sites for hydroxylation is 1. The minimum atomic E-state index is 0.798. The van der Waals surface area contributed by atoms with Crippen molar-refractivity contribution in [2.45, 2.75) is 6.92 Å². The molecule has 2 N–H and O–H groups in total. The molecular formula is C18H15N7. The maximum atomic E-state index is 4.84. The van der Waals surface area contributed by atoms with E-state index < -0.39 is 0 Å². The van der Waals surface area contributed by atoms with Crippen molar-refractivity contribution in [3.63, 3.8) is 0 Å². The van der Waals surface area contributed by atoms with Crippen molar-refractivity contribution in [2.75, 3.05) is 0 Å². The molecule has 0 saturated carbocycles. The Morgan fingerprint density at radius 3 is 2.80 bits per heavy atom. The number of aromatic nitrogens is 7. The van der Waals surface area contributed by atoms with E-state index in [4.69, 9.17) is 4.98 Å². The number of fused-ring (bicyclic) bond motifs is 2. The molecule has 25 heavy (non-hydrogen) atoms. The van der Waals surface area contributed by atoms with Crippen LogP contribution < -0.4 is 0 Å². The molecule has 0 aliphatic carbocycles. The first-order valence-corrected chi connectivity index (χ1v) is 7.97. The third-order valence-electron chi connectivity index (χ3n) is 4.57. The molecule has 5 rings (SSSR count). The van der Waals surface area contributed by atoms with E-state index >= 15 is 0 Å². The number of imidazole rings is 1. The van der Waals surface area contributed by atoms with Crippen LogP contribution in [0.1, 0.15) is 5.82 Å². The normalized spacial score (nSPS) is 11.6. The summed E-state index contributed by atoms with van der Waals surface area (Å²) in [5, 5.41) is 8.57. The van der Waals surface area contributed by atoms with Gasteiger partial charge in [0, 0.05) is 30.3 Å². The summed E-state index contributed by atoms with van der Waals surface area (Å²) in [6.45, 7) is 1.98. The van der Waals surface area contributed by atoms with E-state index in [1.54, 1.807) is 6.20 Å². The number of rotatable bonds is 2. The van der Waals surface area contributed by atoms with Gasteiger partial charge in [0.1, 0.15) is 17.0 Å². The van der Waals surface area contributed by atoms with Gasteiger partial charge in [-0.2, -0.15) is 5.10 Å². The van der Waals surface area contributed by atoms with E-state index in [0.29, 0.717) is 0 Å². The Bertz CT molecular complexity index is 1190. The molecule has 0 aliphatic rings. The molecule has 0 amide bonds. The Labute approximate surface area is 142 Å². The molecular weight excluding hydrogens is 314 g/mol. The predicted octanol–water partition coefficient (Wildman–Crippen LogP) is 3.21. The van der Waals surface area contributed by atoms with Gasteiger partial charge in [-0.25, -0.2) is 9.97 Å². The van der Waals surface area contributed by atoms with Crippen LogP contribution in [-0.4, -0.2) is 34.7 Å². The van der Waals surface area contributed by atoms with Crippen LogP contribution in [0, 0.1) is 6.92 Å². The minimum absolute atomic E-state index is 0.798. The average Bonchev–Trinajstić information content (AvgIpc) is 3.31. The second-order valence-electron chi connectivity index (χ2n) is 6.06. The summed E-state index contributed by atoms with van der Waals surface area (Å²) in [4.78, 5) is 16.7. The lowest BCUT2D eigenvalue weighted by Gasteiger charge is -2.03. The van der Waals surface area contributed by atoms with Gasteiger partial charge < -0.3 is 9.55 Å². The SMILES string of the molecule is Cc1ncc(-c2ccc3[nH]nc(-c4cc5cnccc5[nH]4)c3n2)n1C. The Balaban J connectivity index is 1.71. The number of nitrogens with one attached hydrogen (secondary N) is 2. The van der Waals surface area contributed by atoms with E-state index in [-0.39, 0.29) is 0 Å². The van der Waals surface area contributed by atoms with Crippen LogP contribution in [0.4, 0.5) is 0 Å². The van der Waals surface area contributed by atoms with Crippen LogP contribution in [0.3, 0.4) is 0 Å². The van der Waals surface area contributed by atoms with Gasteiger partial charge in [-0.1, -0.05) is 0 Å². The number of aromatic amines is 2. The molecule has 7 nitrogen and oxygen atoms in total. The predicted molar refractivity (Wildman–Crippen MR) is 95.9 cm³/mol. The molecule has 5 aromatic rings. The molecule has 0 unspecified atom stereocenters. The average molecular weight is 329 g/mol. The molecule has 5 heterocycles. The standard InChI is InChI=1S/C18H15N7/c1-10-20-9-16(25(10)2)13-3-4-14-17(22-13)18(24-23-14)15-7-11-8-19-6-5-12(11)21-15/h3-9,21H,1-2H3,(H,23,24). The molecule has 0 aliphatic heterocycles. The van der Waals surface area contributed by atoms with Crippen LogP contribution in [0.2, 0.25) is 0 Å². The lowest BCUT2D eigenvalue weighted by molar-refractivity contribution is 0.862. The molecule has 0 radical (unpaired) electrons. The monoisotopic (exact) mass is 329 g/mol. The van der Waals surface area contributed by atoms with Gasteiger partial charge >= 0.3 is 0 Å². The maximum Gasteiger partial charge on any atom is 0.135 e. The summed E-state index contributed by atoms with van der Waals surface area (Å²) >= 11 is 0. The van der Waals surface area contributed by atoms with Crippen LogP contribution in [0.25, 0.3) is 44.7 Å². The zero-order valence-corrected chi connectivity index (χ0v) is 13.8. The molecule has 7 heteroatoms. The molecule has 122 valence electrons. The molecule has 0 spiro atoms. The lowest BCUT2D eigenvalue weighted by atomic mass is 10.2. The fourth-order valence-corrected chi connectivity index (χ4v) is 3.07. The van der Waals surface area contributed by atoms with Gasteiger partial charge in [0.15, 0.2) is 0 Å². The van der Waals surface area contributed by atoms with Crippen LogP contribution in [-0.2, 0) is 7.05 Å². The highest BCUT2D eigenvalue weighted by Gasteiger charge is 2.15. The summed E-state index contributed by atoms with van der Waals surface area (Å²) in [6.07, 6.45) is 5.45. The zero-order chi connectivity index (χ0) is 17.0. The van der Waals surface area contributed by atoms with Crippen molar-refractivity contribution in [3.8, 4) is 22.8 Å². The summed E-state index contributed by atoms with van der Waals surface area (Å²) in [6, 6.07) is 7.97. The summed E-state index contributed by atoms with van der Waals surface area (Å²) < 4.78 is 2.03. The number of hydrogen-bond donors (Lipinski definition) is 2. The van der Waals surface area contributed by atoms with Gasteiger partial charge in [-0.05, 0) is 31.2 Å². The third kappa shape index (κ3) is 2.06. The molecule has 0 aromatic carbocycles. The van der Waals surface area contributed by atoms with Crippen molar-refractivity contribution >= 4 is 21.9 Å². The van der Waals surface area contributed by atoms with Gasteiger partial charge in [-0.3, -0.25) is 10.1 Å². The Morgan fingerprint density at radius 1 is 1.08 bits per heavy atom. The number of nitrogens with zero attached hydrogens (tertiary/aromatic N) is 5. The number of hydrogen-bond acceptors (Lipinski definition) is 4. The van der Waals surface area contributed by atoms with E-state index in [2.05, 4.69) is 25.1 Å². The van der Waals surface area contributed by atoms with Gasteiger partial charge in [-0.15, -0.1) is 0 Å². The fourth-order valence-electron chi connectivity index (χ4n) is 3.07. The lowest BCUT2D eigenvalue weighted by Crippen LogP contribution is -1.96. The Kier molecular flexibility index (Phi) is 2.79. The fraction of sp³-hybridized carbons (Fsp3) is 0.111. The summed E-state index contributed by atoms with van der Waals surface area (Å²) in [7, 11) is 1.99. The quantitative estimate of drug-likeness (QED) is 0.520. The molecule has 5 aromatic heterocycles. The largest absolute Gasteiger partial charge is 0.353 e. The van der Waals surface area contributed by atoms with Gasteiger partial charge in [0.2, 0.25) is 0 Å². The van der Waals surface area contributed by atoms with Crippen LogP contribution >= 0.6 is 0 Å². The topological polar surface area (TPSA) is 88.1 Å². The van der Waals surface area contributed by atoms with Gasteiger partial charge in [0.25, 0.3) is 0 Å². The summed E-state index contributed by atoms with van der Waals surface area (Å²) in [5.41, 5.74) is 6.32. The first-order valence-electron chi connectivity index (χ1n) is 7.97. The summed E-state index contributed by atoms with van der Waals surface area (Å²) in [5.74, 6) is 0.951. The van der Waals surface area contributed by atoms with Crippen molar-refractivity contribution in [2.24, 2.45) is 7.05 Å². The molecule has 0 bridgehead atoms. The molecule has 0 saturated heterocycles. The highest BCUT2D eigenvalue weighted by Crippen LogP contribution is 2.29. The van der Waals surface area contributed by atoms with Crippen molar-refractivity contribution in [1.82, 2.24) is 34.7 Å². The number of H-pyrrole nitrogens is 2. The first kappa shape index (κ1) is 13.9. The van der Waals surface area contributed by atoms with E-state index in [0.717, 1.165) is 50.5 Å². The Hall–Kier alpha value is -3.48. The smallest absolute Gasteiger partial charge is 0.135 e. The van der Waals surface area contributed by atoms with Crippen molar-refractivity contribution in [3.05, 3.63) is 48.7 Å². The zero-order valence-electron chi connectivity index (χ0n) is 13.8. The van der Waals surface area contributed by atoms with E-state index in [1.165, 1.54) is 0 Å². The maximum absolute atomic E-state index is 4.84. The first-order chi connectivity index (χ1) is 12.2. The third-order valence-corrected chi connectivity index (χ3v) is 4.57. The molecule has 0 atom stereocenters. The van der Waals surface area contributed by atoms with Crippen LogP contribution in [0.5, 0.6) is 0 Å². The van der Waals surface area contributed by atoms with Crippen molar-refractivity contribution < 1.29 is 0 Å². The highest BCUT2D eigenvalue weighted by atomic mass is 15.1. The minimum Gasteiger partial charge on any atom is -0.353 e. The second-order valence-corrected chi connectivity index (χ2v) is 6.06. The highest BCUT2D eigenvalue weighted by molar-refractivity contribution is 5.93. The second kappa shape index (κ2) is 5.01. The Morgan fingerprint density at radius 2 is 2.00 bits per heavy atom. The van der Waals surface area contributed by atoms with Crippen molar-refractivity contribution in [1.29, 1.82) is 0 Å². The van der Waals surface area contributed by atoms with Crippen LogP contribution in [0.15, 0.2) is 42.9 Å². The van der Waals surface area contributed by atoms with E-state index in [9.17, 15) is 0 Å². The number of pyridine rings is 2. The van der Waals surface area contributed by atoms with Gasteiger partial charge in [0.05, 0.1) is 28.8 Å².